The van der Waals surface area contributed by atoms with Gasteiger partial charge in [-0.3, -0.25) is 0 Å². The maximum atomic E-state index is 11.9. The van der Waals surface area contributed by atoms with Crippen molar-refractivity contribution in [1.82, 2.24) is 10.2 Å². The van der Waals surface area contributed by atoms with Crippen molar-refractivity contribution in [2.75, 3.05) is 72.4 Å². The maximum Gasteiger partial charge on any atom is 0.187 e. The minimum absolute atomic E-state index is 0.204. The molecule has 36 nitrogen and oxygen atoms in total. The van der Waals surface area contributed by atoms with Gasteiger partial charge < -0.3 is 179 Å². The highest BCUT2D eigenvalue weighted by molar-refractivity contribution is 5.02. The van der Waals surface area contributed by atoms with E-state index in [9.17, 15) is 102 Å². The smallest absolute Gasteiger partial charge is 0.187 e. The van der Waals surface area contributed by atoms with Gasteiger partial charge in [-0.15, -0.1) is 0 Å². The number of unbranched alkanes of at least 4 members (excludes halogenated alkanes) is 2. The summed E-state index contributed by atoms with van der Waals surface area (Å²) in [6, 6.07) is 0. The fourth-order valence-corrected chi connectivity index (χ4v) is 12.0. The topological polar surface area (TPSA) is 549 Å². The second kappa shape index (κ2) is 32.8. The molecule has 0 aliphatic carbocycles. The van der Waals surface area contributed by atoms with Crippen molar-refractivity contribution in [3.63, 3.8) is 0 Å². The van der Waals surface area contributed by atoms with Crippen LogP contribution in [0.4, 0.5) is 0 Å². The number of ether oxygens (including phenoxy) is 14. The highest BCUT2D eigenvalue weighted by Crippen LogP contribution is 2.39. The predicted octanol–water partition coefficient (Wildman–Crippen LogP) is -12.7. The molecule has 88 heavy (non-hydrogen) atoms. The van der Waals surface area contributed by atoms with Gasteiger partial charge in [0, 0.05) is 19.6 Å². The second-order valence-corrected chi connectivity index (χ2v) is 23.2. The molecule has 21 rings (SSSR count). The fourth-order valence-electron chi connectivity index (χ4n) is 12.0. The van der Waals surface area contributed by atoms with Gasteiger partial charge in [0.05, 0.1) is 39.6 Å². The molecule has 21 N–H and O–H groups in total. The summed E-state index contributed by atoms with van der Waals surface area (Å²) < 4.78 is 81.9. The molecule has 21 aliphatic heterocycles. The summed E-state index contributed by atoms with van der Waals surface area (Å²) in [6.45, 7) is 0.216. The largest absolute Gasteiger partial charge is 0.394 e. The molecule has 0 aromatic carbocycles. The van der Waals surface area contributed by atoms with Crippen molar-refractivity contribution in [2.45, 2.75) is 254 Å². The van der Waals surface area contributed by atoms with E-state index < -0.39 is 255 Å². The lowest BCUT2D eigenvalue weighted by Crippen LogP contribution is -2.68. The third-order valence-electron chi connectivity index (χ3n) is 17.2. The van der Waals surface area contributed by atoms with E-state index in [1.54, 1.807) is 0 Å². The van der Waals surface area contributed by atoms with E-state index in [-0.39, 0.29) is 6.54 Å². The minimum Gasteiger partial charge on any atom is -0.394 e. The first-order valence-corrected chi connectivity index (χ1v) is 29.9. The van der Waals surface area contributed by atoms with Crippen molar-refractivity contribution in [3.8, 4) is 0 Å². The van der Waals surface area contributed by atoms with Gasteiger partial charge in [-0.25, -0.2) is 0 Å². The maximum absolute atomic E-state index is 11.9. The zero-order valence-electron chi connectivity index (χ0n) is 48.4. The monoisotopic (exact) mass is 1290 g/mol. The first kappa shape index (κ1) is 72.4. The minimum atomic E-state index is -2.20. The Bertz CT molecular complexity index is 2030. The lowest BCUT2D eigenvalue weighted by atomic mass is 9.95. The van der Waals surface area contributed by atoms with Crippen molar-refractivity contribution < 1.29 is 168 Å². The number of nitrogens with one attached hydrogen (secondary N) is 1. The number of aliphatic hydroxyl groups excluding tert-OH is 20. The van der Waals surface area contributed by atoms with Gasteiger partial charge in [-0.05, 0) is 25.9 Å². The number of nitrogens with zero attached hydrogens (tertiary/aromatic N) is 1. The summed E-state index contributed by atoms with van der Waals surface area (Å²) >= 11 is 0. The Balaban J connectivity index is 1.09. The van der Waals surface area contributed by atoms with E-state index in [1.807, 2.05) is 0 Å². The molecule has 0 spiro atoms. The molecule has 21 fully saturated rings. The van der Waals surface area contributed by atoms with Crippen LogP contribution in [0.1, 0.15) is 39.5 Å². The molecule has 0 amide bonds. The van der Waals surface area contributed by atoms with E-state index in [2.05, 4.69) is 24.1 Å². The quantitative estimate of drug-likeness (QED) is 0.0601. The zero-order chi connectivity index (χ0) is 64.0. The third kappa shape index (κ3) is 15.8. The van der Waals surface area contributed by atoms with Gasteiger partial charge in [-0.2, -0.15) is 0 Å². The number of rotatable bonds is 17. The summed E-state index contributed by atoms with van der Waals surface area (Å²) in [5, 5.41) is 228. The molecule has 21 aliphatic rings. The molecule has 0 radical (unpaired) electrons. The molecule has 21 saturated heterocycles. The first-order chi connectivity index (χ1) is 42.1. The van der Waals surface area contributed by atoms with Crippen LogP contribution in [0.15, 0.2) is 0 Å². The van der Waals surface area contributed by atoms with Crippen LogP contribution in [0, 0.1) is 0 Å². The molecule has 36 heteroatoms. The van der Waals surface area contributed by atoms with E-state index in [4.69, 9.17) is 66.3 Å². The van der Waals surface area contributed by atoms with E-state index >= 15 is 0 Å². The van der Waals surface area contributed by atoms with E-state index in [1.165, 1.54) is 0 Å². The predicted molar refractivity (Wildman–Crippen MR) is 280 cm³/mol. The summed E-state index contributed by atoms with van der Waals surface area (Å²) in [7, 11) is 0. The van der Waals surface area contributed by atoms with Gasteiger partial charge in [0.1, 0.15) is 171 Å². The average molecular weight is 1290 g/mol. The molecule has 514 valence electrons. The highest BCUT2D eigenvalue weighted by atomic mass is 16.8. The third-order valence-corrected chi connectivity index (χ3v) is 17.2. The molecule has 0 unspecified atom stereocenters. The van der Waals surface area contributed by atoms with Crippen LogP contribution < -0.4 is 5.32 Å². The van der Waals surface area contributed by atoms with Crippen LogP contribution in [0.5, 0.6) is 0 Å². The van der Waals surface area contributed by atoms with Crippen LogP contribution in [0.2, 0.25) is 0 Å². The summed E-state index contributed by atoms with van der Waals surface area (Å²) in [4.78, 5) is 2.24. The molecular formula is C52H92N2O34. The molecule has 0 aromatic rings. The van der Waals surface area contributed by atoms with Gasteiger partial charge >= 0.3 is 0 Å². The Morgan fingerprint density at radius 1 is 0.261 bits per heavy atom. The molecule has 35 atom stereocenters. The standard InChI is InChI=1S/C52H92N2O34/c1-3-5-8-54(9-6-4-2)10-7-53-11-18-39-25(61)32(68)46(75-18)83-40-19(12-55)77-48(34(70)27(40)63)85-42-21(14-57)79-50(36(72)29(42)65)87-44-23(16-59)81-52(38(74)31(44)67)88-45-24(17-60)80-51(37(73)30(45)66)86-43-22(15-58)78-49(35(71)28(43)64)84-41-20(13-56)76-47(82-39)33(69)26(41)62/h18-53,55-74H,3-17H2,1-2H3/t18-,19+,20-,21+,22-,23+,24-,25+,26+,27+,28+,29-,30+,31+,32+,33+,34-,35+,36-,37+,38+,39+,40+,41+,42+,43+,44+,45+,46+,47+,48+,49+,50+,51+,52+/m0/s1. The zero-order valence-corrected chi connectivity index (χ0v) is 48.4. The normalized spacial score (nSPS) is 50.0. The SMILES string of the molecule is CCCCN(CCCC)CCNC[C@@H]1O[C@@H]2O[C@H]3[C@H](O)[C@H](O)[C@@H](O[C@H]4[C@@H](O)[C@H](O)[C@@H](O[C@H]5[C@H](O)[C@@H](O)[C@@H](O[C@H]6[C@H](O)[C@@H](O)[C@@H](O[C@H]7[C@H](O)[C@@H](O)[C@@H](O[C@H]8[C@H](O)[C@@H](O)[C@@H](O[C@H]1[C@H](O)[C@H]2O)O[C@H]8CO)O[C@H]7CO)O[C@H]6CO)O[C@@H]5CO)O[C@@H]4CO)O[C@@H]3CO. The fraction of sp³-hybridized carbons (Fsp3) is 1.00. The lowest BCUT2D eigenvalue weighted by Gasteiger charge is -2.50. The Hall–Kier alpha value is -1.44. The molecule has 0 aromatic heterocycles. The van der Waals surface area contributed by atoms with Crippen molar-refractivity contribution in [1.29, 1.82) is 0 Å². The Morgan fingerprint density at radius 3 is 0.648 bits per heavy atom. The van der Waals surface area contributed by atoms with E-state index in [0.29, 0.717) is 13.1 Å². The molecular weight excluding hydrogens is 1200 g/mol. The Labute approximate surface area is 504 Å². The average Bonchev–Trinajstić information content (AvgIpc) is 1.83. The van der Waals surface area contributed by atoms with Crippen LogP contribution in [0.25, 0.3) is 0 Å². The van der Waals surface area contributed by atoms with E-state index in [0.717, 1.165) is 38.8 Å². The molecule has 0 saturated carbocycles. The Kier molecular flexibility index (Phi) is 27.0. The summed E-state index contributed by atoms with van der Waals surface area (Å²) in [6.07, 6.45) is -65.2. The lowest BCUT2D eigenvalue weighted by molar-refractivity contribution is -0.396. The van der Waals surface area contributed by atoms with Crippen molar-refractivity contribution in [2.24, 2.45) is 0 Å². The first-order valence-electron chi connectivity index (χ1n) is 29.9. The van der Waals surface area contributed by atoms with Crippen LogP contribution >= 0.6 is 0 Å². The second-order valence-electron chi connectivity index (χ2n) is 23.2. The van der Waals surface area contributed by atoms with Crippen LogP contribution in [0.3, 0.4) is 0 Å². The van der Waals surface area contributed by atoms with Crippen molar-refractivity contribution in [3.05, 3.63) is 0 Å². The summed E-state index contributed by atoms with van der Waals surface area (Å²) in [5.41, 5.74) is 0. The number of hydrogen-bond donors (Lipinski definition) is 21. The molecule has 14 bridgehead atoms. The molecule has 21 heterocycles. The van der Waals surface area contributed by atoms with Crippen LogP contribution in [-0.2, 0) is 66.3 Å². The van der Waals surface area contributed by atoms with Gasteiger partial charge in [0.25, 0.3) is 0 Å². The highest BCUT2D eigenvalue weighted by Gasteiger charge is 2.59. The van der Waals surface area contributed by atoms with Gasteiger partial charge in [0.2, 0.25) is 0 Å². The Morgan fingerprint density at radius 2 is 0.455 bits per heavy atom. The van der Waals surface area contributed by atoms with Gasteiger partial charge in [-0.1, -0.05) is 26.7 Å². The number of hydrogen-bond acceptors (Lipinski definition) is 36. The summed E-state index contributed by atoms with van der Waals surface area (Å²) in [5.74, 6) is 0. The van der Waals surface area contributed by atoms with Gasteiger partial charge in [0.15, 0.2) is 44.0 Å². The number of aliphatic hydroxyl groups is 20. The van der Waals surface area contributed by atoms with Crippen molar-refractivity contribution >= 4 is 0 Å². The van der Waals surface area contributed by atoms with Crippen LogP contribution in [-0.4, -0.2) is 394 Å².